The van der Waals surface area contributed by atoms with Crippen molar-refractivity contribution >= 4 is 17.6 Å². The van der Waals surface area contributed by atoms with Gasteiger partial charge in [-0.3, -0.25) is 19.7 Å². The third-order valence-corrected chi connectivity index (χ3v) is 2.99. The van der Waals surface area contributed by atoms with Crippen LogP contribution in [0.4, 0.5) is 5.69 Å². The third-order valence-electron chi connectivity index (χ3n) is 2.99. The number of nitrogens with zero attached hydrogens (tertiary/aromatic N) is 1. The van der Waals surface area contributed by atoms with Gasteiger partial charge in [-0.05, 0) is 26.3 Å². The molecule has 0 amide bonds. The van der Waals surface area contributed by atoms with E-state index < -0.39 is 22.3 Å². The van der Waals surface area contributed by atoms with Crippen molar-refractivity contribution in [3.05, 3.63) is 34.4 Å². The summed E-state index contributed by atoms with van der Waals surface area (Å²) in [6.45, 7) is 4.97. The quantitative estimate of drug-likeness (QED) is 0.192. The van der Waals surface area contributed by atoms with Gasteiger partial charge in [-0.15, -0.1) is 0 Å². The van der Waals surface area contributed by atoms with Gasteiger partial charge in [0.25, 0.3) is 5.69 Å². The molecule has 0 aliphatic carbocycles. The molecule has 0 heterocycles. The van der Waals surface area contributed by atoms with E-state index >= 15 is 0 Å². The van der Waals surface area contributed by atoms with Gasteiger partial charge in [-0.25, -0.2) is 0 Å². The molecule has 0 saturated carbocycles. The van der Waals surface area contributed by atoms with Gasteiger partial charge in [0.2, 0.25) is 0 Å². The highest BCUT2D eigenvalue weighted by molar-refractivity contribution is 5.99. The summed E-state index contributed by atoms with van der Waals surface area (Å²) in [6, 6.07) is 5.20. The van der Waals surface area contributed by atoms with Crippen LogP contribution in [-0.2, 0) is 14.3 Å². The van der Waals surface area contributed by atoms with Crippen molar-refractivity contribution in [2.45, 2.75) is 33.6 Å². The summed E-state index contributed by atoms with van der Waals surface area (Å²) in [4.78, 5) is 34.1. The second kappa shape index (κ2) is 7.53. The Balaban J connectivity index is 2.76. The normalized spacial score (nSPS) is 10.9. The highest BCUT2D eigenvalue weighted by Crippen LogP contribution is 2.24. The van der Waals surface area contributed by atoms with E-state index in [0.717, 1.165) is 12.5 Å². The second-order valence-corrected chi connectivity index (χ2v) is 5.26. The first-order chi connectivity index (χ1) is 10.3. The van der Waals surface area contributed by atoms with E-state index in [-0.39, 0.29) is 18.0 Å². The summed E-state index contributed by atoms with van der Waals surface area (Å²) in [5.41, 5.74) is -1.69. The third kappa shape index (κ3) is 4.54. The molecule has 0 aliphatic rings. The van der Waals surface area contributed by atoms with Crippen LogP contribution in [0, 0.1) is 15.5 Å². The molecular weight excluding hydrogens is 290 g/mol. The molecule has 0 saturated heterocycles. The highest BCUT2D eigenvalue weighted by Gasteiger charge is 2.40. The fraction of sp³-hybridized carbons (Fsp3) is 0.467. The zero-order valence-electron chi connectivity index (χ0n) is 12.8. The molecule has 0 aromatic heterocycles. The molecular formula is C15H19NO6. The zero-order valence-corrected chi connectivity index (χ0v) is 12.8. The summed E-state index contributed by atoms with van der Waals surface area (Å²) >= 11 is 0. The number of nitro benzene ring substituents is 1. The molecule has 22 heavy (non-hydrogen) atoms. The number of hydrogen-bond acceptors (Lipinski definition) is 6. The SMILES string of the molecule is CCCCOC(=O)C(C)(C)C(=O)Oc1cccc([N+](=O)[O-])c1. The van der Waals surface area contributed by atoms with Crippen LogP contribution in [0.3, 0.4) is 0 Å². The van der Waals surface area contributed by atoms with Gasteiger partial charge < -0.3 is 9.47 Å². The van der Waals surface area contributed by atoms with Gasteiger partial charge in [-0.1, -0.05) is 19.4 Å². The molecule has 0 N–H and O–H groups in total. The van der Waals surface area contributed by atoms with E-state index in [2.05, 4.69) is 0 Å². The lowest BCUT2D eigenvalue weighted by Gasteiger charge is -2.20. The van der Waals surface area contributed by atoms with Crippen LogP contribution in [0.2, 0.25) is 0 Å². The Labute approximate surface area is 128 Å². The first kappa shape index (κ1) is 17.6. The number of nitro groups is 1. The Hall–Kier alpha value is -2.44. The number of non-ortho nitro benzene ring substituents is 1. The zero-order chi connectivity index (χ0) is 16.8. The minimum absolute atomic E-state index is 0.00799. The van der Waals surface area contributed by atoms with E-state index in [0.29, 0.717) is 6.42 Å². The first-order valence-corrected chi connectivity index (χ1v) is 6.93. The number of ether oxygens (including phenoxy) is 2. The van der Waals surface area contributed by atoms with E-state index in [1.54, 1.807) is 0 Å². The standard InChI is InChI=1S/C15H19NO6/c1-4-5-9-21-13(17)15(2,3)14(18)22-12-8-6-7-11(10-12)16(19)20/h6-8,10H,4-5,9H2,1-3H3. The van der Waals surface area contributed by atoms with Crippen LogP contribution in [0.5, 0.6) is 5.75 Å². The van der Waals surface area contributed by atoms with Gasteiger partial charge in [0.05, 0.1) is 17.6 Å². The lowest BCUT2D eigenvalue weighted by molar-refractivity contribution is -0.384. The molecule has 0 unspecified atom stereocenters. The van der Waals surface area contributed by atoms with E-state index in [1.165, 1.54) is 32.0 Å². The predicted octanol–water partition coefficient (Wildman–Crippen LogP) is 2.87. The maximum Gasteiger partial charge on any atom is 0.328 e. The summed E-state index contributed by atoms with van der Waals surface area (Å²) in [6.07, 6.45) is 1.58. The summed E-state index contributed by atoms with van der Waals surface area (Å²) in [5, 5.41) is 10.7. The number of rotatable bonds is 7. The number of benzene rings is 1. The smallest absolute Gasteiger partial charge is 0.328 e. The Morgan fingerprint density at radius 2 is 1.95 bits per heavy atom. The summed E-state index contributed by atoms with van der Waals surface area (Å²) in [5.74, 6) is -1.50. The summed E-state index contributed by atoms with van der Waals surface area (Å²) in [7, 11) is 0. The maximum absolute atomic E-state index is 12.1. The Bertz CT molecular complexity index is 567. The number of hydrogen-bond donors (Lipinski definition) is 0. The van der Waals surface area contributed by atoms with Crippen molar-refractivity contribution in [3.8, 4) is 5.75 Å². The molecule has 0 atom stereocenters. The summed E-state index contributed by atoms with van der Waals surface area (Å²) < 4.78 is 10.1. The molecule has 0 aliphatic heterocycles. The molecule has 0 radical (unpaired) electrons. The monoisotopic (exact) mass is 309 g/mol. The van der Waals surface area contributed by atoms with Crippen LogP contribution in [0.1, 0.15) is 33.6 Å². The molecule has 1 rings (SSSR count). The Kier molecular flexibility index (Phi) is 6.03. The molecule has 7 nitrogen and oxygen atoms in total. The highest BCUT2D eigenvalue weighted by atomic mass is 16.6. The van der Waals surface area contributed by atoms with Crippen LogP contribution in [-0.4, -0.2) is 23.5 Å². The second-order valence-electron chi connectivity index (χ2n) is 5.26. The van der Waals surface area contributed by atoms with E-state index in [4.69, 9.17) is 9.47 Å². The van der Waals surface area contributed by atoms with Gasteiger partial charge >= 0.3 is 11.9 Å². The van der Waals surface area contributed by atoms with Gasteiger partial charge in [0.1, 0.15) is 5.75 Å². The number of unbranched alkanes of at least 4 members (excludes halogenated alkanes) is 1. The van der Waals surface area contributed by atoms with Crippen molar-refractivity contribution in [1.82, 2.24) is 0 Å². The molecule has 1 aromatic rings. The average Bonchev–Trinajstić information content (AvgIpc) is 2.47. The minimum Gasteiger partial charge on any atom is -0.465 e. The van der Waals surface area contributed by atoms with Crippen molar-refractivity contribution in [2.24, 2.45) is 5.41 Å². The van der Waals surface area contributed by atoms with Crippen LogP contribution in [0.25, 0.3) is 0 Å². The van der Waals surface area contributed by atoms with Gasteiger partial charge in [-0.2, -0.15) is 0 Å². The van der Waals surface area contributed by atoms with Crippen molar-refractivity contribution < 1.29 is 24.0 Å². The largest absolute Gasteiger partial charge is 0.465 e. The van der Waals surface area contributed by atoms with Crippen molar-refractivity contribution in [3.63, 3.8) is 0 Å². The van der Waals surface area contributed by atoms with Crippen LogP contribution < -0.4 is 4.74 Å². The fourth-order valence-electron chi connectivity index (χ4n) is 1.47. The first-order valence-electron chi connectivity index (χ1n) is 6.93. The predicted molar refractivity (Wildman–Crippen MR) is 78.4 cm³/mol. The maximum atomic E-state index is 12.1. The lowest BCUT2D eigenvalue weighted by Crippen LogP contribution is -2.38. The van der Waals surface area contributed by atoms with Gasteiger partial charge in [0.15, 0.2) is 5.41 Å². The molecule has 0 spiro atoms. The van der Waals surface area contributed by atoms with E-state index in [9.17, 15) is 19.7 Å². The molecule has 0 bridgehead atoms. The molecule has 0 fully saturated rings. The average molecular weight is 309 g/mol. The Morgan fingerprint density at radius 1 is 1.27 bits per heavy atom. The fourth-order valence-corrected chi connectivity index (χ4v) is 1.47. The van der Waals surface area contributed by atoms with Crippen LogP contribution in [0.15, 0.2) is 24.3 Å². The Morgan fingerprint density at radius 3 is 2.55 bits per heavy atom. The van der Waals surface area contributed by atoms with Crippen molar-refractivity contribution in [2.75, 3.05) is 6.61 Å². The van der Waals surface area contributed by atoms with Gasteiger partial charge in [0, 0.05) is 6.07 Å². The van der Waals surface area contributed by atoms with Crippen molar-refractivity contribution in [1.29, 1.82) is 0 Å². The van der Waals surface area contributed by atoms with Crippen LogP contribution >= 0.6 is 0 Å². The number of carbonyl (C=O) groups excluding carboxylic acids is 2. The molecule has 1 aromatic carbocycles. The molecule has 120 valence electrons. The topological polar surface area (TPSA) is 95.7 Å². The number of esters is 2. The number of carbonyl (C=O) groups is 2. The lowest BCUT2D eigenvalue weighted by atomic mass is 9.94. The van der Waals surface area contributed by atoms with E-state index in [1.807, 2.05) is 6.92 Å². The minimum atomic E-state index is -1.49. The molecule has 7 heteroatoms.